The van der Waals surface area contributed by atoms with Gasteiger partial charge in [-0.05, 0) is 24.1 Å². The number of amides is 1. The molecule has 0 saturated heterocycles. The number of likely N-dealkylation sites (N-methyl/N-ethyl adjacent to an activating group) is 1. The second kappa shape index (κ2) is 8.18. The highest BCUT2D eigenvalue weighted by atomic mass is 16.6. The van der Waals surface area contributed by atoms with Crippen LogP contribution < -0.4 is 15.0 Å². The Hall–Kier alpha value is -3.35. The number of carbonyl (C=O) groups excluding carboxylic acids is 1. The van der Waals surface area contributed by atoms with Gasteiger partial charge in [0.05, 0.1) is 11.9 Å². The zero-order valence-electron chi connectivity index (χ0n) is 17.4. The summed E-state index contributed by atoms with van der Waals surface area (Å²) in [5.74, 6) is 1.34. The van der Waals surface area contributed by atoms with E-state index in [2.05, 4.69) is 5.10 Å². The molecule has 0 radical (unpaired) electrons. The van der Waals surface area contributed by atoms with E-state index in [9.17, 15) is 9.59 Å². The molecule has 7 heteroatoms. The van der Waals surface area contributed by atoms with Gasteiger partial charge in [-0.3, -0.25) is 9.59 Å². The molecule has 1 aromatic heterocycles. The summed E-state index contributed by atoms with van der Waals surface area (Å²) in [7, 11) is 1.71. The van der Waals surface area contributed by atoms with Crippen LogP contribution in [-0.2, 0) is 6.54 Å². The van der Waals surface area contributed by atoms with Gasteiger partial charge in [0.2, 0.25) is 0 Å². The molecule has 2 aromatic carbocycles. The van der Waals surface area contributed by atoms with Gasteiger partial charge < -0.3 is 14.4 Å². The van der Waals surface area contributed by atoms with Gasteiger partial charge in [-0.2, -0.15) is 5.10 Å². The fourth-order valence-corrected chi connectivity index (χ4v) is 3.58. The minimum atomic E-state index is -0.290. The third-order valence-corrected chi connectivity index (χ3v) is 5.00. The monoisotopic (exact) mass is 407 g/mol. The van der Waals surface area contributed by atoms with E-state index < -0.39 is 0 Å². The van der Waals surface area contributed by atoms with Crippen molar-refractivity contribution in [3.05, 3.63) is 64.6 Å². The van der Waals surface area contributed by atoms with Crippen molar-refractivity contribution < 1.29 is 14.3 Å². The van der Waals surface area contributed by atoms with Gasteiger partial charge in [-0.1, -0.05) is 44.2 Å². The maximum absolute atomic E-state index is 13.3. The maximum Gasteiger partial charge on any atom is 0.274 e. The quantitative estimate of drug-likeness (QED) is 0.650. The van der Waals surface area contributed by atoms with Crippen molar-refractivity contribution in [3.63, 3.8) is 0 Å². The average Bonchev–Trinajstić information content (AvgIpc) is 2.75. The lowest BCUT2D eigenvalue weighted by atomic mass is 10.1. The standard InChI is InChI=1S/C23H25N3O4/c1-15(2)12-26-22(27)18-9-5-4-8-17(18)21(24-26)23(28)25(3)13-16-14-29-19-10-6-7-11-20(19)30-16/h4-11,15-16H,12-14H2,1-3H3. The summed E-state index contributed by atoms with van der Waals surface area (Å²) in [4.78, 5) is 27.6. The van der Waals surface area contributed by atoms with Gasteiger partial charge >= 0.3 is 0 Å². The Morgan fingerprint density at radius 3 is 2.53 bits per heavy atom. The molecule has 0 bridgehead atoms. The molecule has 0 saturated carbocycles. The maximum atomic E-state index is 13.3. The molecule has 156 valence electrons. The minimum Gasteiger partial charge on any atom is -0.486 e. The molecule has 0 spiro atoms. The number of ether oxygens (including phenoxy) is 2. The third-order valence-electron chi connectivity index (χ3n) is 5.00. The van der Waals surface area contributed by atoms with Crippen LogP contribution in [0.3, 0.4) is 0 Å². The normalized spacial score (nSPS) is 15.4. The van der Waals surface area contributed by atoms with Crippen LogP contribution in [0.25, 0.3) is 10.8 Å². The van der Waals surface area contributed by atoms with Crippen LogP contribution in [0.4, 0.5) is 0 Å². The topological polar surface area (TPSA) is 73.7 Å². The van der Waals surface area contributed by atoms with E-state index in [1.54, 1.807) is 30.1 Å². The SMILES string of the molecule is CC(C)Cn1nc(C(=O)N(C)CC2COc3ccccc3O2)c2ccccc2c1=O. The lowest BCUT2D eigenvalue weighted by molar-refractivity contribution is 0.0517. The molecule has 1 unspecified atom stereocenters. The van der Waals surface area contributed by atoms with Gasteiger partial charge in [-0.25, -0.2) is 4.68 Å². The highest BCUT2D eigenvalue weighted by Crippen LogP contribution is 2.31. The van der Waals surface area contributed by atoms with Crippen LogP contribution in [0, 0.1) is 5.92 Å². The van der Waals surface area contributed by atoms with Crippen LogP contribution in [0.2, 0.25) is 0 Å². The van der Waals surface area contributed by atoms with Crippen LogP contribution >= 0.6 is 0 Å². The van der Waals surface area contributed by atoms with Crippen molar-refractivity contribution in [1.29, 1.82) is 0 Å². The molecule has 0 fully saturated rings. The minimum absolute atomic E-state index is 0.181. The summed E-state index contributed by atoms with van der Waals surface area (Å²) in [5, 5.41) is 5.49. The van der Waals surface area contributed by atoms with E-state index in [0.29, 0.717) is 42.0 Å². The number of carbonyl (C=O) groups is 1. The Labute approximate surface area is 174 Å². The number of para-hydroxylation sites is 2. The van der Waals surface area contributed by atoms with Crippen molar-refractivity contribution in [2.24, 2.45) is 5.92 Å². The summed E-state index contributed by atoms with van der Waals surface area (Å²) in [6.45, 7) is 5.16. The number of hydrogen-bond donors (Lipinski definition) is 0. The number of nitrogens with zero attached hydrogens (tertiary/aromatic N) is 3. The van der Waals surface area contributed by atoms with Gasteiger partial charge in [-0.15, -0.1) is 0 Å². The molecule has 1 aliphatic rings. The molecule has 0 N–H and O–H groups in total. The van der Waals surface area contributed by atoms with Crippen molar-refractivity contribution >= 4 is 16.7 Å². The summed E-state index contributed by atoms with van der Waals surface area (Å²) in [6, 6.07) is 14.6. The van der Waals surface area contributed by atoms with Crippen LogP contribution in [0.15, 0.2) is 53.3 Å². The van der Waals surface area contributed by atoms with Crippen LogP contribution in [0.5, 0.6) is 11.5 Å². The molecule has 1 amide bonds. The fourth-order valence-electron chi connectivity index (χ4n) is 3.58. The van der Waals surface area contributed by atoms with Gasteiger partial charge in [0.1, 0.15) is 6.61 Å². The third kappa shape index (κ3) is 3.87. The Bertz CT molecular complexity index is 1140. The predicted molar refractivity (Wildman–Crippen MR) is 114 cm³/mol. The molecular weight excluding hydrogens is 382 g/mol. The van der Waals surface area contributed by atoms with E-state index in [-0.39, 0.29) is 29.2 Å². The molecule has 1 atom stereocenters. The zero-order chi connectivity index (χ0) is 21.3. The molecule has 2 heterocycles. The van der Waals surface area contributed by atoms with Crippen molar-refractivity contribution in [2.45, 2.75) is 26.5 Å². The molecule has 7 nitrogen and oxygen atoms in total. The Balaban J connectivity index is 1.61. The summed E-state index contributed by atoms with van der Waals surface area (Å²) in [5.41, 5.74) is 0.0876. The summed E-state index contributed by atoms with van der Waals surface area (Å²) >= 11 is 0. The number of hydrogen-bond acceptors (Lipinski definition) is 5. The first-order chi connectivity index (χ1) is 14.4. The van der Waals surface area contributed by atoms with Crippen molar-refractivity contribution in [3.8, 4) is 11.5 Å². The summed E-state index contributed by atoms with van der Waals surface area (Å²) < 4.78 is 13.1. The second-order valence-corrected chi connectivity index (χ2v) is 7.96. The van der Waals surface area contributed by atoms with E-state index in [1.807, 2.05) is 44.2 Å². The molecule has 1 aliphatic heterocycles. The lowest BCUT2D eigenvalue weighted by Gasteiger charge is -2.29. The zero-order valence-corrected chi connectivity index (χ0v) is 17.4. The van der Waals surface area contributed by atoms with Crippen molar-refractivity contribution in [1.82, 2.24) is 14.7 Å². The Morgan fingerprint density at radius 2 is 1.80 bits per heavy atom. The first kappa shape index (κ1) is 19.9. The van der Waals surface area contributed by atoms with Gasteiger partial charge in [0, 0.05) is 19.0 Å². The number of fused-ring (bicyclic) bond motifs is 2. The molecule has 0 aliphatic carbocycles. The molecule has 4 rings (SSSR count). The molecular formula is C23H25N3O4. The first-order valence-corrected chi connectivity index (χ1v) is 10.1. The fraction of sp³-hybridized carbons (Fsp3) is 0.348. The second-order valence-electron chi connectivity index (χ2n) is 7.96. The van der Waals surface area contributed by atoms with Crippen LogP contribution in [0.1, 0.15) is 24.3 Å². The first-order valence-electron chi connectivity index (χ1n) is 10.1. The van der Waals surface area contributed by atoms with Gasteiger partial charge in [0.15, 0.2) is 23.3 Å². The molecule has 30 heavy (non-hydrogen) atoms. The smallest absolute Gasteiger partial charge is 0.274 e. The highest BCUT2D eigenvalue weighted by molar-refractivity contribution is 6.04. The lowest BCUT2D eigenvalue weighted by Crippen LogP contribution is -2.42. The van der Waals surface area contributed by atoms with E-state index >= 15 is 0 Å². The number of aromatic nitrogens is 2. The Kier molecular flexibility index (Phi) is 5.44. The van der Waals surface area contributed by atoms with Crippen LogP contribution in [-0.4, -0.2) is 46.9 Å². The summed E-state index contributed by atoms with van der Waals surface area (Å²) in [6.07, 6.45) is -0.290. The van der Waals surface area contributed by atoms with E-state index in [1.165, 1.54) is 4.68 Å². The van der Waals surface area contributed by atoms with Gasteiger partial charge in [0.25, 0.3) is 11.5 Å². The average molecular weight is 407 g/mol. The Morgan fingerprint density at radius 1 is 1.13 bits per heavy atom. The van der Waals surface area contributed by atoms with E-state index in [0.717, 1.165) is 0 Å². The highest BCUT2D eigenvalue weighted by Gasteiger charge is 2.26. The van der Waals surface area contributed by atoms with Crippen molar-refractivity contribution in [2.75, 3.05) is 20.2 Å². The predicted octanol–water partition coefficient (Wildman–Crippen LogP) is 2.96. The largest absolute Gasteiger partial charge is 0.486 e. The number of benzene rings is 2. The number of rotatable bonds is 5. The van der Waals surface area contributed by atoms with E-state index in [4.69, 9.17) is 9.47 Å². The molecule has 3 aromatic rings.